The largest absolute Gasteiger partial charge is 0.369 e. The normalized spacial score (nSPS) is 10.4. The maximum atomic E-state index is 12.7. The molecule has 3 rings (SSSR count). The van der Waals surface area contributed by atoms with Gasteiger partial charge in [-0.2, -0.15) is 0 Å². The second kappa shape index (κ2) is 7.83. The Morgan fingerprint density at radius 3 is 2.38 bits per heavy atom. The number of carbonyl (C=O) groups excluding carboxylic acids is 1. The van der Waals surface area contributed by atoms with Gasteiger partial charge in [-0.3, -0.25) is 9.78 Å². The van der Waals surface area contributed by atoms with E-state index in [9.17, 15) is 4.79 Å². The predicted molar refractivity (Wildman–Crippen MR) is 107 cm³/mol. The molecule has 1 heterocycles. The third-order valence-corrected chi connectivity index (χ3v) is 4.41. The molecule has 0 bridgehead atoms. The summed E-state index contributed by atoms with van der Waals surface area (Å²) in [4.78, 5) is 19.0. The van der Waals surface area contributed by atoms with E-state index in [-0.39, 0.29) is 5.91 Å². The van der Waals surface area contributed by atoms with Crippen LogP contribution < -0.4 is 10.2 Å². The van der Waals surface area contributed by atoms with Gasteiger partial charge in [0.25, 0.3) is 5.91 Å². The van der Waals surface area contributed by atoms with Gasteiger partial charge < -0.3 is 10.2 Å². The van der Waals surface area contributed by atoms with E-state index >= 15 is 0 Å². The number of amides is 1. The smallest absolute Gasteiger partial charge is 0.257 e. The summed E-state index contributed by atoms with van der Waals surface area (Å²) in [5.74, 6) is -0.148. The highest BCUT2D eigenvalue weighted by Crippen LogP contribution is 2.21. The van der Waals surface area contributed by atoms with Gasteiger partial charge in [-0.1, -0.05) is 48.5 Å². The lowest BCUT2D eigenvalue weighted by atomic mass is 10.1. The van der Waals surface area contributed by atoms with Crippen LogP contribution in [0.4, 0.5) is 11.4 Å². The van der Waals surface area contributed by atoms with Gasteiger partial charge in [0, 0.05) is 25.5 Å². The highest BCUT2D eigenvalue weighted by atomic mass is 16.1. The van der Waals surface area contributed by atoms with Crippen molar-refractivity contribution >= 4 is 17.3 Å². The minimum absolute atomic E-state index is 0.148. The number of nitrogens with one attached hydrogen (secondary N) is 1. The van der Waals surface area contributed by atoms with Gasteiger partial charge in [0.2, 0.25) is 0 Å². The van der Waals surface area contributed by atoms with Crippen LogP contribution in [0.5, 0.6) is 0 Å². The third kappa shape index (κ3) is 4.09. The molecular formula is C22H23N3O. The van der Waals surface area contributed by atoms with Crippen LogP contribution in [0, 0.1) is 13.8 Å². The minimum Gasteiger partial charge on any atom is -0.369 e. The van der Waals surface area contributed by atoms with Crippen LogP contribution in [0.25, 0.3) is 0 Å². The van der Waals surface area contributed by atoms with Gasteiger partial charge in [-0.15, -0.1) is 0 Å². The van der Waals surface area contributed by atoms with Crippen LogP contribution in [0.3, 0.4) is 0 Å². The number of aryl methyl sites for hydroxylation is 2. The van der Waals surface area contributed by atoms with Crippen molar-refractivity contribution in [3.8, 4) is 0 Å². The summed E-state index contributed by atoms with van der Waals surface area (Å²) in [6.45, 7) is 4.74. The van der Waals surface area contributed by atoms with Crippen LogP contribution in [0.15, 0.2) is 67.0 Å². The fourth-order valence-electron chi connectivity index (χ4n) is 2.91. The maximum absolute atomic E-state index is 12.7. The fourth-order valence-corrected chi connectivity index (χ4v) is 2.91. The molecule has 0 spiro atoms. The zero-order chi connectivity index (χ0) is 18.5. The second-order valence-electron chi connectivity index (χ2n) is 6.49. The molecule has 1 aromatic heterocycles. The molecule has 132 valence electrons. The number of nitrogens with zero attached hydrogens (tertiary/aromatic N) is 2. The predicted octanol–water partition coefficient (Wildman–Crippen LogP) is 4.59. The quantitative estimate of drug-likeness (QED) is 0.736. The van der Waals surface area contributed by atoms with Crippen LogP contribution in [0.1, 0.15) is 27.0 Å². The summed E-state index contributed by atoms with van der Waals surface area (Å²) in [7, 11) is 2.00. The number of pyridine rings is 1. The molecule has 1 N–H and O–H groups in total. The van der Waals surface area contributed by atoms with E-state index < -0.39 is 0 Å². The van der Waals surface area contributed by atoms with E-state index in [1.807, 2.05) is 63.4 Å². The van der Waals surface area contributed by atoms with Gasteiger partial charge in [-0.25, -0.2) is 0 Å². The molecular weight excluding hydrogens is 322 g/mol. The van der Waals surface area contributed by atoms with Gasteiger partial charge in [-0.05, 0) is 36.6 Å². The van der Waals surface area contributed by atoms with Crippen molar-refractivity contribution in [1.29, 1.82) is 0 Å². The summed E-state index contributed by atoms with van der Waals surface area (Å²) in [6.07, 6.45) is 3.38. The molecule has 26 heavy (non-hydrogen) atoms. The lowest BCUT2D eigenvalue weighted by molar-refractivity contribution is 0.102. The summed E-state index contributed by atoms with van der Waals surface area (Å²) in [5.41, 5.74) is 5.61. The Morgan fingerprint density at radius 2 is 1.69 bits per heavy atom. The number of benzene rings is 2. The van der Waals surface area contributed by atoms with Gasteiger partial charge in [0.15, 0.2) is 0 Å². The molecule has 0 aliphatic heterocycles. The number of carbonyl (C=O) groups is 1. The van der Waals surface area contributed by atoms with Crippen molar-refractivity contribution in [1.82, 2.24) is 4.98 Å². The van der Waals surface area contributed by atoms with E-state index in [1.54, 1.807) is 12.4 Å². The van der Waals surface area contributed by atoms with E-state index in [0.717, 1.165) is 29.0 Å². The molecule has 3 aromatic rings. The van der Waals surface area contributed by atoms with Crippen molar-refractivity contribution in [3.05, 3.63) is 89.2 Å². The number of anilines is 2. The molecule has 4 heteroatoms. The first-order valence-corrected chi connectivity index (χ1v) is 8.62. The average molecular weight is 345 g/mol. The lowest BCUT2D eigenvalue weighted by Crippen LogP contribution is -2.18. The first kappa shape index (κ1) is 17.7. The molecule has 0 aliphatic carbocycles. The highest BCUT2D eigenvalue weighted by Gasteiger charge is 2.12. The van der Waals surface area contributed by atoms with Crippen molar-refractivity contribution in [2.75, 3.05) is 17.3 Å². The summed E-state index contributed by atoms with van der Waals surface area (Å²) in [6, 6.07) is 18.1. The summed E-state index contributed by atoms with van der Waals surface area (Å²) >= 11 is 0. The van der Waals surface area contributed by atoms with E-state index in [2.05, 4.69) is 27.3 Å². The second-order valence-corrected chi connectivity index (χ2v) is 6.49. The van der Waals surface area contributed by atoms with E-state index in [0.29, 0.717) is 5.56 Å². The average Bonchev–Trinajstić information content (AvgIpc) is 2.65. The first-order chi connectivity index (χ1) is 12.5. The molecule has 4 nitrogen and oxygen atoms in total. The maximum Gasteiger partial charge on any atom is 0.257 e. The van der Waals surface area contributed by atoms with Crippen molar-refractivity contribution < 1.29 is 4.79 Å². The Kier molecular flexibility index (Phi) is 5.32. The Balaban J connectivity index is 1.77. The summed E-state index contributed by atoms with van der Waals surface area (Å²) < 4.78 is 0. The molecule has 0 unspecified atom stereocenters. The first-order valence-electron chi connectivity index (χ1n) is 8.62. The molecule has 2 aromatic carbocycles. The molecule has 0 saturated carbocycles. The fraction of sp³-hybridized carbons (Fsp3) is 0.182. The SMILES string of the molecule is Cc1cccc(C)c1NC(=O)c1cncc(N(C)Cc2ccccc2)c1. The number of rotatable bonds is 5. The molecule has 0 saturated heterocycles. The molecule has 0 fully saturated rings. The monoisotopic (exact) mass is 345 g/mol. The highest BCUT2D eigenvalue weighted by molar-refractivity contribution is 6.05. The van der Waals surface area contributed by atoms with Crippen LogP contribution in [-0.2, 0) is 6.54 Å². The molecule has 0 atom stereocenters. The minimum atomic E-state index is -0.148. The van der Waals surface area contributed by atoms with Crippen LogP contribution in [-0.4, -0.2) is 17.9 Å². The number of hydrogen-bond donors (Lipinski definition) is 1. The Hall–Kier alpha value is -3.14. The van der Waals surface area contributed by atoms with Gasteiger partial charge >= 0.3 is 0 Å². The zero-order valence-electron chi connectivity index (χ0n) is 15.4. The number of hydrogen-bond acceptors (Lipinski definition) is 3. The standard InChI is InChI=1S/C22H23N3O/c1-16-8-7-9-17(2)21(16)24-22(26)19-12-20(14-23-13-19)25(3)15-18-10-5-4-6-11-18/h4-14H,15H2,1-3H3,(H,24,26). The number of para-hydroxylation sites is 1. The van der Waals surface area contributed by atoms with E-state index in [1.165, 1.54) is 5.56 Å². The molecule has 1 amide bonds. The molecule has 0 radical (unpaired) electrons. The Morgan fingerprint density at radius 1 is 1.00 bits per heavy atom. The molecule has 0 aliphatic rings. The van der Waals surface area contributed by atoms with Gasteiger partial charge in [0.1, 0.15) is 0 Å². The van der Waals surface area contributed by atoms with E-state index in [4.69, 9.17) is 0 Å². The van der Waals surface area contributed by atoms with Crippen LogP contribution >= 0.6 is 0 Å². The van der Waals surface area contributed by atoms with Crippen LogP contribution in [0.2, 0.25) is 0 Å². The summed E-state index contributed by atoms with van der Waals surface area (Å²) in [5, 5.41) is 3.01. The Bertz CT molecular complexity index is 886. The van der Waals surface area contributed by atoms with Gasteiger partial charge in [0.05, 0.1) is 17.4 Å². The van der Waals surface area contributed by atoms with Crippen molar-refractivity contribution in [2.45, 2.75) is 20.4 Å². The lowest BCUT2D eigenvalue weighted by Gasteiger charge is -2.19. The van der Waals surface area contributed by atoms with Crippen molar-refractivity contribution in [2.24, 2.45) is 0 Å². The van der Waals surface area contributed by atoms with Crippen molar-refractivity contribution in [3.63, 3.8) is 0 Å². The topological polar surface area (TPSA) is 45.2 Å². The number of aromatic nitrogens is 1. The zero-order valence-corrected chi connectivity index (χ0v) is 15.4. The third-order valence-electron chi connectivity index (χ3n) is 4.41. The Labute approximate surface area is 154 Å².